The van der Waals surface area contributed by atoms with Gasteiger partial charge in [-0.05, 0) is 13.8 Å². The number of carboxylic acid groups (broad SMARTS) is 1. The van der Waals surface area contributed by atoms with Crippen molar-refractivity contribution in [3.05, 3.63) is 0 Å². The third-order valence-corrected chi connectivity index (χ3v) is 10.5. The Morgan fingerprint density at radius 2 is 1.05 bits per heavy atom. The maximum Gasteiger partial charge on any atom is 0.397 e. The molecule has 4 saturated heterocycles. The van der Waals surface area contributed by atoms with Gasteiger partial charge in [0.25, 0.3) is 0 Å². The van der Waals surface area contributed by atoms with Crippen LogP contribution in [0, 0.1) is 0 Å². The molecule has 0 bridgehead atoms. The summed E-state index contributed by atoms with van der Waals surface area (Å²) in [5.41, 5.74) is 0. The van der Waals surface area contributed by atoms with E-state index < -0.39 is 172 Å². The molecule has 4 rings (SSSR count). The molecule has 59 heavy (non-hydrogen) atoms. The average molecular weight is 930 g/mol. The van der Waals surface area contributed by atoms with Crippen molar-refractivity contribution < 1.29 is 135 Å². The molecule has 1 amide bonds. The van der Waals surface area contributed by atoms with E-state index in [0.29, 0.717) is 0 Å². The van der Waals surface area contributed by atoms with E-state index in [1.54, 1.807) is 0 Å². The second kappa shape index (κ2) is 19.2. The van der Waals surface area contributed by atoms with E-state index in [2.05, 4.69) is 17.9 Å². The first-order chi connectivity index (χ1) is 27.0. The smallest absolute Gasteiger partial charge is 0.397 e. The summed E-state index contributed by atoms with van der Waals surface area (Å²) < 4.78 is 148. The van der Waals surface area contributed by atoms with Crippen molar-refractivity contribution in [1.29, 1.82) is 0 Å². The monoisotopic (exact) mass is 929 g/mol. The molecule has 12 N–H and O–H groups in total. The summed E-state index contributed by atoms with van der Waals surface area (Å²) in [6, 6.07) is -1.83. The maximum atomic E-state index is 12.3. The number of ether oxygens (including phenoxy) is 7. The SMILES string of the molecule is CC(=O)N[C@@H]1[C@@H](O[C@@H]2O[C@H](C(=O)O)[C@@H](O)[C@H](O[C@@H]3O[C@@H](C)[C@@H](O)[C@@H](OS(=O)(=O)O)[C@@H]3O[C@@H]3O[C@@H](C)[C@@H](O)[C@@H](OS(=O)(=O)O)[C@@H]3O)[C@H]2O)[C@@H](O)[C@@H](COS(=O)(=O)O)O[C@H]1O. The lowest BCUT2D eigenvalue weighted by Gasteiger charge is -2.49. The van der Waals surface area contributed by atoms with Crippen LogP contribution in [0.5, 0.6) is 0 Å². The van der Waals surface area contributed by atoms with Crippen LogP contribution in [-0.2, 0) is 86.5 Å². The van der Waals surface area contributed by atoms with Gasteiger partial charge in [-0.2, -0.15) is 25.3 Å². The highest BCUT2D eigenvalue weighted by atomic mass is 32.3. The summed E-state index contributed by atoms with van der Waals surface area (Å²) in [4.78, 5) is 24.3. The predicted molar refractivity (Wildman–Crippen MR) is 174 cm³/mol. The van der Waals surface area contributed by atoms with Crippen molar-refractivity contribution in [2.45, 2.75) is 144 Å². The number of carbonyl (C=O) groups excluding carboxylic acids is 1. The molecule has 0 aromatic heterocycles. The molecule has 0 radical (unpaired) electrons. The van der Waals surface area contributed by atoms with Gasteiger partial charge < -0.3 is 79.3 Å². The Balaban J connectivity index is 1.72. The molecule has 0 aromatic carbocycles. The average Bonchev–Trinajstić information content (AvgIpc) is 3.09. The molecule has 30 nitrogen and oxygen atoms in total. The maximum absolute atomic E-state index is 12.3. The zero-order valence-electron chi connectivity index (χ0n) is 30.2. The number of hydrogen-bond acceptors (Lipinski definition) is 25. The minimum Gasteiger partial charge on any atom is -0.479 e. The molecular weight excluding hydrogens is 886 g/mol. The summed E-state index contributed by atoms with van der Waals surface area (Å²) in [5.74, 6) is -2.89. The highest BCUT2D eigenvalue weighted by Gasteiger charge is 2.58. The number of carbonyl (C=O) groups is 2. The summed E-state index contributed by atoms with van der Waals surface area (Å²) in [6.07, 6.45) is -41.9. The number of rotatable bonds is 15. The number of aliphatic hydroxyl groups is 7. The van der Waals surface area contributed by atoms with Gasteiger partial charge in [-0.15, -0.1) is 0 Å². The number of carboxylic acids is 1. The van der Waals surface area contributed by atoms with Crippen LogP contribution < -0.4 is 5.32 Å². The highest BCUT2D eigenvalue weighted by molar-refractivity contribution is 7.81. The number of aliphatic carboxylic acids is 1. The molecule has 0 spiro atoms. The summed E-state index contributed by atoms with van der Waals surface area (Å²) in [7, 11) is -16.1. The van der Waals surface area contributed by atoms with E-state index in [1.165, 1.54) is 0 Å². The van der Waals surface area contributed by atoms with Gasteiger partial charge in [-0.25, -0.2) is 17.3 Å². The molecular formula is C26H43NO29S3. The van der Waals surface area contributed by atoms with Gasteiger partial charge in [0, 0.05) is 6.92 Å². The first-order valence-electron chi connectivity index (χ1n) is 16.8. The largest absolute Gasteiger partial charge is 0.479 e. The molecule has 0 unspecified atom stereocenters. The quantitative estimate of drug-likeness (QED) is 0.0679. The zero-order valence-corrected chi connectivity index (χ0v) is 32.7. The van der Waals surface area contributed by atoms with Gasteiger partial charge in [0.2, 0.25) is 5.91 Å². The van der Waals surface area contributed by atoms with Crippen LogP contribution in [0.4, 0.5) is 0 Å². The number of nitrogens with one attached hydrogen (secondary N) is 1. The normalized spacial score (nSPS) is 43.8. The molecule has 20 atom stereocenters. The second-order valence-electron chi connectivity index (χ2n) is 13.4. The lowest BCUT2D eigenvalue weighted by atomic mass is 9.95. The molecule has 0 aromatic rings. The Labute approximate surface area is 333 Å². The first-order valence-corrected chi connectivity index (χ1v) is 20.9. The Morgan fingerprint density at radius 1 is 0.576 bits per heavy atom. The van der Waals surface area contributed by atoms with Crippen LogP contribution in [0.1, 0.15) is 20.8 Å². The Kier molecular flexibility index (Phi) is 16.1. The van der Waals surface area contributed by atoms with E-state index in [1.807, 2.05) is 0 Å². The number of amides is 1. The molecule has 33 heteroatoms. The fourth-order valence-corrected chi connectivity index (χ4v) is 7.72. The standard InChI is InChI=1S/C26H43NO29S3/c1-5-10(29)18(55-58(41,42)43)15(34)24(48-5)54-21-19(56-59(44,45)46)11(30)6(2)49-26(21)52-17-13(32)20(22(35)36)53-25(14(17)33)51-16-9(27-7(3)28)23(37)50-8(12(16)31)4-47-57(38,39)40/h5-6,8-21,23-26,29-34,37H,4H2,1-3H3,(H,27,28)(H,35,36)(H,38,39,40)(H,41,42,43)(H,44,45,46)/t5-,6-,8+,9+,10+,11+,12-,13-,14+,15-,16+,17-,18+,19+,20-,21-,23+,24-,25+,26-/m0/s1. The van der Waals surface area contributed by atoms with Gasteiger partial charge in [-0.1, -0.05) is 0 Å². The first kappa shape index (κ1) is 49.6. The van der Waals surface area contributed by atoms with Crippen molar-refractivity contribution in [3.63, 3.8) is 0 Å². The van der Waals surface area contributed by atoms with Crippen LogP contribution in [0.15, 0.2) is 0 Å². The summed E-state index contributed by atoms with van der Waals surface area (Å²) in [5, 5.41) is 88.4. The van der Waals surface area contributed by atoms with Gasteiger partial charge in [0.05, 0.1) is 18.8 Å². The van der Waals surface area contributed by atoms with Crippen molar-refractivity contribution in [2.75, 3.05) is 6.61 Å². The van der Waals surface area contributed by atoms with Gasteiger partial charge in [0.15, 0.2) is 31.3 Å². The third-order valence-electron chi connectivity index (χ3n) is 9.11. The Morgan fingerprint density at radius 3 is 1.58 bits per heavy atom. The minimum atomic E-state index is -5.57. The fourth-order valence-electron chi connectivity index (χ4n) is 6.40. The summed E-state index contributed by atoms with van der Waals surface area (Å²) >= 11 is 0. The molecule has 344 valence electrons. The topological polar surface area (TPSA) is 463 Å². The van der Waals surface area contributed by atoms with Crippen LogP contribution in [-0.4, -0.2) is 221 Å². The van der Waals surface area contributed by atoms with Gasteiger partial charge in [0.1, 0.15) is 79.3 Å². The van der Waals surface area contributed by atoms with Crippen LogP contribution in [0.25, 0.3) is 0 Å². The molecule has 0 aliphatic carbocycles. The Hall–Kier alpha value is -2.01. The van der Waals surface area contributed by atoms with E-state index in [0.717, 1.165) is 20.8 Å². The van der Waals surface area contributed by atoms with E-state index in [4.69, 9.17) is 37.7 Å². The highest BCUT2D eigenvalue weighted by Crippen LogP contribution is 2.36. The molecule has 4 aliphatic rings. The number of aliphatic hydroxyl groups excluding tert-OH is 7. The lowest BCUT2D eigenvalue weighted by molar-refractivity contribution is -0.386. The predicted octanol–water partition coefficient (Wildman–Crippen LogP) is -7.98. The van der Waals surface area contributed by atoms with Crippen molar-refractivity contribution in [3.8, 4) is 0 Å². The third kappa shape index (κ3) is 12.6. The van der Waals surface area contributed by atoms with Gasteiger partial charge in [-0.3, -0.25) is 18.5 Å². The van der Waals surface area contributed by atoms with Gasteiger partial charge >= 0.3 is 37.2 Å². The minimum absolute atomic E-state index is 0.901. The van der Waals surface area contributed by atoms with Crippen LogP contribution in [0.2, 0.25) is 0 Å². The Bertz CT molecular complexity index is 1800. The molecule has 4 fully saturated rings. The van der Waals surface area contributed by atoms with Crippen molar-refractivity contribution in [2.24, 2.45) is 0 Å². The van der Waals surface area contributed by atoms with E-state index in [9.17, 15) is 84.8 Å². The molecule has 4 heterocycles. The van der Waals surface area contributed by atoms with Crippen molar-refractivity contribution >= 4 is 43.1 Å². The number of hydrogen-bond donors (Lipinski definition) is 12. The molecule has 0 saturated carbocycles. The van der Waals surface area contributed by atoms with Crippen LogP contribution >= 0.6 is 0 Å². The fraction of sp³-hybridized carbons (Fsp3) is 0.923. The second-order valence-corrected chi connectivity index (χ2v) is 16.6. The van der Waals surface area contributed by atoms with E-state index in [-0.39, 0.29) is 0 Å². The zero-order chi connectivity index (χ0) is 44.7. The summed E-state index contributed by atoms with van der Waals surface area (Å²) in [6.45, 7) is 1.87. The lowest BCUT2D eigenvalue weighted by Crippen LogP contribution is -2.69. The van der Waals surface area contributed by atoms with E-state index >= 15 is 0 Å². The van der Waals surface area contributed by atoms with Crippen molar-refractivity contribution in [1.82, 2.24) is 5.32 Å². The molecule has 4 aliphatic heterocycles. The van der Waals surface area contributed by atoms with Crippen LogP contribution in [0.3, 0.4) is 0 Å².